The van der Waals surface area contributed by atoms with Crippen LogP contribution in [0.2, 0.25) is 0 Å². The number of ether oxygens (including phenoxy) is 2. The number of nitrogens with zero attached hydrogens (tertiary/aromatic N) is 1. The second kappa shape index (κ2) is 18.2. The molecule has 7 atom stereocenters. The molecule has 62 heavy (non-hydrogen) atoms. The monoisotopic (exact) mass is 855 g/mol. The number of rotatable bonds is 14. The summed E-state index contributed by atoms with van der Waals surface area (Å²) in [5.41, 5.74) is 8.22. The van der Waals surface area contributed by atoms with Crippen molar-refractivity contribution in [2.24, 2.45) is 16.7 Å². The molecule has 326 valence electrons. The summed E-state index contributed by atoms with van der Waals surface area (Å²) in [4.78, 5) is 16.5. The smallest absolute Gasteiger partial charge is 0.241 e. The molecule has 2 unspecified atom stereocenters. The predicted octanol–water partition coefficient (Wildman–Crippen LogP) is 9.05. The maximum atomic E-state index is 13.7. The summed E-state index contributed by atoms with van der Waals surface area (Å²) >= 11 is 0. The number of benzene rings is 5. The Kier molecular flexibility index (Phi) is 12.9. The van der Waals surface area contributed by atoms with Crippen molar-refractivity contribution >= 4 is 15.9 Å². The number of aliphatic hydroxyl groups excluding tert-OH is 1. The molecular weight excluding hydrogens is 795 g/mol. The zero-order valence-corrected chi connectivity index (χ0v) is 37.4. The second-order valence-electron chi connectivity index (χ2n) is 19.2. The van der Waals surface area contributed by atoms with E-state index in [-0.39, 0.29) is 42.6 Å². The first kappa shape index (κ1) is 43.9. The highest BCUT2D eigenvalue weighted by Gasteiger charge is 2.51. The van der Waals surface area contributed by atoms with Gasteiger partial charge in [0.25, 0.3) is 0 Å². The van der Waals surface area contributed by atoms with Gasteiger partial charge in [-0.2, -0.15) is 4.72 Å². The molecule has 1 aliphatic carbocycles. The van der Waals surface area contributed by atoms with Crippen molar-refractivity contribution in [2.75, 3.05) is 13.1 Å². The van der Waals surface area contributed by atoms with Crippen molar-refractivity contribution in [3.63, 3.8) is 0 Å². The number of carbonyl (C=O) groups is 1. The Morgan fingerprint density at radius 1 is 0.806 bits per heavy atom. The first-order valence-electron chi connectivity index (χ1n) is 22.0. The summed E-state index contributed by atoms with van der Waals surface area (Å²) in [5, 5.41) is 12.7. The summed E-state index contributed by atoms with van der Waals surface area (Å²) in [6.45, 7) is 13.6. The Balaban J connectivity index is 0.969. The molecule has 8 rings (SSSR count). The van der Waals surface area contributed by atoms with Crippen LogP contribution in [-0.2, 0) is 43.9 Å². The van der Waals surface area contributed by atoms with Crippen LogP contribution >= 0.6 is 0 Å². The number of fused-ring (bicyclic) bond motifs is 2. The van der Waals surface area contributed by atoms with Crippen LogP contribution in [0, 0.1) is 23.7 Å². The number of likely N-dealkylation sites (tertiary alicyclic amines) is 1. The molecule has 3 N–H and O–H groups in total. The van der Waals surface area contributed by atoms with Crippen molar-refractivity contribution in [1.29, 1.82) is 0 Å². The van der Waals surface area contributed by atoms with Gasteiger partial charge in [-0.3, -0.25) is 9.69 Å². The third kappa shape index (κ3) is 10.2. The third-order valence-electron chi connectivity index (χ3n) is 13.2. The van der Waals surface area contributed by atoms with Gasteiger partial charge in [0.2, 0.25) is 15.9 Å². The van der Waals surface area contributed by atoms with Gasteiger partial charge in [-0.25, -0.2) is 8.42 Å². The fraction of sp³-hybridized carbons (Fsp3) is 0.404. The van der Waals surface area contributed by atoms with Crippen LogP contribution < -0.4 is 10.0 Å². The zero-order valence-electron chi connectivity index (χ0n) is 36.6. The van der Waals surface area contributed by atoms with E-state index in [1.165, 1.54) is 19.3 Å². The van der Waals surface area contributed by atoms with Crippen molar-refractivity contribution < 1.29 is 27.8 Å². The molecule has 5 aromatic carbocycles. The van der Waals surface area contributed by atoms with E-state index < -0.39 is 28.3 Å². The molecule has 3 aliphatic rings. The van der Waals surface area contributed by atoms with Crippen LogP contribution in [0.15, 0.2) is 132 Å². The van der Waals surface area contributed by atoms with Crippen LogP contribution in [-0.4, -0.2) is 55.6 Å². The molecule has 1 amide bonds. The van der Waals surface area contributed by atoms with Crippen LogP contribution in [0.4, 0.5) is 0 Å². The Morgan fingerprint density at radius 2 is 1.50 bits per heavy atom. The number of hydrogen-bond acceptors (Lipinski definition) is 7. The average Bonchev–Trinajstić information content (AvgIpc) is 3.50. The van der Waals surface area contributed by atoms with E-state index in [1.54, 1.807) is 24.3 Å². The van der Waals surface area contributed by atoms with Crippen LogP contribution in [0.5, 0.6) is 0 Å². The van der Waals surface area contributed by atoms with E-state index in [2.05, 4.69) is 79.0 Å². The quantitative estimate of drug-likeness (QED) is 0.102. The number of aliphatic hydroxyl groups is 1. The number of amides is 1. The lowest BCUT2D eigenvalue weighted by atomic mass is 9.65. The summed E-state index contributed by atoms with van der Waals surface area (Å²) in [6.07, 6.45) is 3.11. The topological polar surface area (TPSA) is 117 Å². The molecule has 9 nitrogen and oxygen atoms in total. The van der Waals surface area contributed by atoms with Gasteiger partial charge in [-0.15, -0.1) is 0 Å². The fourth-order valence-electron chi connectivity index (χ4n) is 10.4. The van der Waals surface area contributed by atoms with E-state index in [0.29, 0.717) is 16.9 Å². The lowest BCUT2D eigenvalue weighted by molar-refractivity contribution is -0.276. The van der Waals surface area contributed by atoms with Gasteiger partial charge in [0, 0.05) is 37.2 Å². The van der Waals surface area contributed by atoms with Crippen molar-refractivity contribution in [1.82, 2.24) is 14.9 Å². The van der Waals surface area contributed by atoms with Gasteiger partial charge in [-0.05, 0) is 95.0 Å². The minimum atomic E-state index is -3.96. The Labute approximate surface area is 367 Å². The number of aryl methyl sites for hydroxylation is 1. The van der Waals surface area contributed by atoms with Gasteiger partial charge in [0.1, 0.15) is 6.04 Å². The summed E-state index contributed by atoms with van der Waals surface area (Å²) in [6, 6.07) is 40.0. The third-order valence-corrected chi connectivity index (χ3v) is 14.7. The van der Waals surface area contributed by atoms with Crippen LogP contribution in [0.25, 0.3) is 11.1 Å². The normalized spacial score (nSPS) is 25.3. The lowest BCUT2D eigenvalue weighted by Gasteiger charge is -2.43. The fourth-order valence-corrected chi connectivity index (χ4v) is 11.6. The number of sulfonamides is 1. The van der Waals surface area contributed by atoms with E-state index in [9.17, 15) is 18.3 Å². The minimum Gasteiger partial charge on any atom is -0.392 e. The maximum absolute atomic E-state index is 13.7. The zero-order chi connectivity index (χ0) is 43.6. The molecule has 10 heteroatoms. The van der Waals surface area contributed by atoms with Gasteiger partial charge in [0.15, 0.2) is 6.29 Å². The van der Waals surface area contributed by atoms with Gasteiger partial charge < -0.3 is 19.9 Å². The molecular formula is C52H61N3O6S. The molecule has 0 spiro atoms. The van der Waals surface area contributed by atoms with E-state index in [4.69, 9.17) is 9.47 Å². The molecule has 2 heterocycles. The summed E-state index contributed by atoms with van der Waals surface area (Å²) in [5.74, 6) is -0.301. The van der Waals surface area contributed by atoms with Crippen molar-refractivity contribution in [3.05, 3.63) is 161 Å². The molecule has 2 aliphatic heterocycles. The van der Waals surface area contributed by atoms with Crippen LogP contribution in [0.3, 0.4) is 0 Å². The molecule has 2 saturated heterocycles. The first-order chi connectivity index (χ1) is 29.7. The molecule has 0 aromatic heterocycles. The Bertz CT molecular complexity index is 2420. The molecule has 1 saturated carbocycles. The Hall–Kier alpha value is -4.68. The summed E-state index contributed by atoms with van der Waals surface area (Å²) in [7, 11) is -3.96. The number of carbonyl (C=O) groups excluding carboxylic acids is 1. The SMILES string of the molecule is Cc1ccc(S(=O)(=O)N[C@H](Cc2ccccc2)C(=O)NCc2cccc(-c3ccc([C@H]4O[C@@H](CN5CC6(C)CC5CC(C)(C)C6)[C@@H](C)[C@@H](c5ccc(CO)cc5)O4)cc3)c2)cc1. The van der Waals surface area contributed by atoms with Crippen molar-refractivity contribution in [2.45, 2.75) is 109 Å². The predicted molar refractivity (Wildman–Crippen MR) is 243 cm³/mol. The molecule has 0 radical (unpaired) electrons. The molecule has 5 aromatic rings. The minimum absolute atomic E-state index is 0.000809. The van der Waals surface area contributed by atoms with Crippen LogP contribution in [0.1, 0.15) is 92.7 Å². The molecule has 3 fully saturated rings. The highest BCUT2D eigenvalue weighted by atomic mass is 32.2. The van der Waals surface area contributed by atoms with E-state index in [1.807, 2.05) is 73.7 Å². The van der Waals surface area contributed by atoms with Gasteiger partial charge in [0.05, 0.1) is 23.7 Å². The van der Waals surface area contributed by atoms with Gasteiger partial charge in [-0.1, -0.05) is 142 Å². The summed E-state index contributed by atoms with van der Waals surface area (Å²) < 4.78 is 43.2. The first-order valence-corrected chi connectivity index (χ1v) is 23.5. The van der Waals surface area contributed by atoms with Crippen molar-refractivity contribution in [3.8, 4) is 11.1 Å². The van der Waals surface area contributed by atoms with E-state index in [0.717, 1.165) is 57.6 Å². The molecule has 2 bridgehead atoms. The van der Waals surface area contributed by atoms with E-state index >= 15 is 0 Å². The second-order valence-corrected chi connectivity index (χ2v) is 20.9. The lowest BCUT2D eigenvalue weighted by Crippen LogP contribution is -2.47. The number of nitrogens with one attached hydrogen (secondary N) is 2. The maximum Gasteiger partial charge on any atom is 0.241 e. The largest absolute Gasteiger partial charge is 0.392 e. The highest BCUT2D eigenvalue weighted by molar-refractivity contribution is 7.89. The van der Waals surface area contributed by atoms with Gasteiger partial charge >= 0.3 is 0 Å². The Morgan fingerprint density at radius 3 is 2.21 bits per heavy atom. The standard InChI is InChI=1S/C52H61N3O6S/c1-35-14-24-45(25-15-35)62(58,59)54-46(27-37-10-7-6-8-11-37)49(57)53-30-39-12-9-13-43(26-39)40-20-22-42(23-21-40)50-60-47(31-55-34-52(5)29-44(55)28-51(3,4)33-52)36(2)48(61-50)41-18-16-38(32-56)17-19-41/h6-26,36,44,46-48,50,54,56H,27-34H2,1-5H3,(H,53,57)/t36-,44?,46-,47+,48+,50+,52?/m1/s1. The highest BCUT2D eigenvalue weighted by Crippen LogP contribution is 2.53. The number of hydrogen-bond donors (Lipinski definition) is 3. The average molecular weight is 856 g/mol.